The Labute approximate surface area is 148 Å². The smallest absolute Gasteiger partial charge is 0.228 e. The van der Waals surface area contributed by atoms with Gasteiger partial charge in [0.1, 0.15) is 5.82 Å². The van der Waals surface area contributed by atoms with E-state index in [2.05, 4.69) is 36.2 Å². The fraction of sp³-hybridized carbons (Fsp3) is 0.526. The van der Waals surface area contributed by atoms with Crippen LogP contribution in [0.4, 0.5) is 5.82 Å². The minimum absolute atomic E-state index is 0.0121. The van der Waals surface area contributed by atoms with Gasteiger partial charge in [0.25, 0.3) is 0 Å². The highest BCUT2D eigenvalue weighted by Crippen LogP contribution is 2.27. The summed E-state index contributed by atoms with van der Waals surface area (Å²) in [6, 6.07) is 3.79. The first-order chi connectivity index (χ1) is 11.8. The Kier molecular flexibility index (Phi) is 4.90. The Morgan fingerprint density at radius 3 is 2.60 bits per heavy atom. The minimum Gasteiger partial charge on any atom is -0.393 e. The molecule has 0 bridgehead atoms. The number of amides is 1. The van der Waals surface area contributed by atoms with Crippen LogP contribution >= 0.6 is 0 Å². The van der Waals surface area contributed by atoms with Crippen LogP contribution in [0.1, 0.15) is 46.5 Å². The van der Waals surface area contributed by atoms with Crippen LogP contribution < -0.4 is 5.32 Å². The van der Waals surface area contributed by atoms with Gasteiger partial charge in [-0.1, -0.05) is 0 Å². The Balaban J connectivity index is 1.71. The summed E-state index contributed by atoms with van der Waals surface area (Å²) in [6.07, 6.45) is 8.11. The third-order valence-electron chi connectivity index (χ3n) is 4.68. The first-order valence-electron chi connectivity index (χ1n) is 8.83. The lowest BCUT2D eigenvalue weighted by atomic mass is 9.87. The summed E-state index contributed by atoms with van der Waals surface area (Å²) in [6.45, 7) is 6.30. The van der Waals surface area contributed by atoms with E-state index >= 15 is 0 Å². The number of nitrogens with one attached hydrogen (secondary N) is 1. The average Bonchev–Trinajstić information content (AvgIpc) is 3.06. The molecule has 1 aliphatic rings. The summed E-state index contributed by atoms with van der Waals surface area (Å²) >= 11 is 0. The van der Waals surface area contributed by atoms with Crippen LogP contribution in [-0.4, -0.2) is 31.9 Å². The normalized spacial score (nSPS) is 21.1. The molecule has 6 nitrogen and oxygen atoms in total. The zero-order chi connectivity index (χ0) is 18.0. The predicted octanol–water partition coefficient (Wildman–Crippen LogP) is 3.19. The van der Waals surface area contributed by atoms with E-state index in [0.29, 0.717) is 18.7 Å². The SMILES string of the molecule is CC(C)(C)n1cc(-c2ccnc(NC(=O)C3CCC(O)CC3)c2)cn1. The molecule has 0 unspecified atom stereocenters. The molecule has 0 aromatic carbocycles. The third kappa shape index (κ3) is 4.25. The number of hydrogen-bond donors (Lipinski definition) is 2. The molecule has 2 heterocycles. The van der Waals surface area contributed by atoms with Crippen LogP contribution in [0.25, 0.3) is 11.1 Å². The zero-order valence-electron chi connectivity index (χ0n) is 15.1. The topological polar surface area (TPSA) is 80.0 Å². The Hall–Kier alpha value is -2.21. The molecule has 6 heteroatoms. The Morgan fingerprint density at radius 1 is 1.24 bits per heavy atom. The molecule has 1 aliphatic carbocycles. The number of aromatic nitrogens is 3. The van der Waals surface area contributed by atoms with Gasteiger partial charge >= 0.3 is 0 Å². The van der Waals surface area contributed by atoms with E-state index in [1.807, 2.05) is 29.2 Å². The summed E-state index contributed by atoms with van der Waals surface area (Å²) in [5.74, 6) is 0.497. The number of pyridine rings is 1. The van der Waals surface area contributed by atoms with Crippen molar-refractivity contribution in [2.45, 2.75) is 58.1 Å². The third-order valence-corrected chi connectivity index (χ3v) is 4.68. The summed E-state index contributed by atoms with van der Waals surface area (Å²) in [5, 5.41) is 16.9. The standard InChI is InChI=1S/C19H26N4O2/c1-19(2,3)23-12-15(11-21-23)14-8-9-20-17(10-14)22-18(25)13-4-6-16(24)7-5-13/h8-13,16,24H,4-7H2,1-3H3,(H,20,22,25). The van der Waals surface area contributed by atoms with Crippen LogP contribution in [0.5, 0.6) is 0 Å². The quantitative estimate of drug-likeness (QED) is 0.898. The second-order valence-electron chi connectivity index (χ2n) is 7.77. The number of carbonyl (C=O) groups excluding carboxylic acids is 1. The van der Waals surface area contributed by atoms with Crippen molar-refractivity contribution in [1.29, 1.82) is 0 Å². The van der Waals surface area contributed by atoms with Crippen LogP contribution in [0, 0.1) is 5.92 Å². The monoisotopic (exact) mass is 342 g/mol. The lowest BCUT2D eigenvalue weighted by Gasteiger charge is -2.24. The zero-order valence-corrected chi connectivity index (χ0v) is 15.1. The van der Waals surface area contributed by atoms with Crippen LogP contribution in [0.15, 0.2) is 30.7 Å². The molecule has 1 saturated carbocycles. The van der Waals surface area contributed by atoms with Crippen molar-refractivity contribution in [3.8, 4) is 11.1 Å². The Morgan fingerprint density at radius 2 is 1.96 bits per heavy atom. The van der Waals surface area contributed by atoms with Crippen molar-refractivity contribution < 1.29 is 9.90 Å². The molecular weight excluding hydrogens is 316 g/mol. The van der Waals surface area contributed by atoms with Gasteiger partial charge in [-0.05, 0) is 64.2 Å². The van der Waals surface area contributed by atoms with Gasteiger partial charge in [-0.2, -0.15) is 5.10 Å². The van der Waals surface area contributed by atoms with Gasteiger partial charge in [0, 0.05) is 23.9 Å². The van der Waals surface area contributed by atoms with Crippen molar-refractivity contribution in [3.05, 3.63) is 30.7 Å². The highest BCUT2D eigenvalue weighted by Gasteiger charge is 2.25. The largest absolute Gasteiger partial charge is 0.393 e. The number of nitrogens with zero attached hydrogens (tertiary/aromatic N) is 3. The first-order valence-corrected chi connectivity index (χ1v) is 8.83. The molecule has 134 valence electrons. The molecule has 3 rings (SSSR count). The molecule has 0 saturated heterocycles. The van der Waals surface area contributed by atoms with Crippen LogP contribution in [-0.2, 0) is 10.3 Å². The van der Waals surface area contributed by atoms with Gasteiger partial charge < -0.3 is 10.4 Å². The summed E-state index contributed by atoms with van der Waals surface area (Å²) < 4.78 is 1.92. The molecule has 2 N–H and O–H groups in total. The highest BCUT2D eigenvalue weighted by molar-refractivity contribution is 5.92. The van der Waals surface area contributed by atoms with E-state index < -0.39 is 0 Å². The van der Waals surface area contributed by atoms with E-state index in [1.54, 1.807) is 6.20 Å². The summed E-state index contributed by atoms with van der Waals surface area (Å²) in [4.78, 5) is 16.7. The maximum absolute atomic E-state index is 12.4. The van der Waals surface area contributed by atoms with Crippen molar-refractivity contribution in [2.24, 2.45) is 5.92 Å². The average molecular weight is 342 g/mol. The van der Waals surface area contributed by atoms with Crippen molar-refractivity contribution >= 4 is 11.7 Å². The molecule has 1 fully saturated rings. The lowest BCUT2D eigenvalue weighted by Crippen LogP contribution is -2.29. The van der Waals surface area contributed by atoms with E-state index in [0.717, 1.165) is 24.0 Å². The number of anilines is 1. The fourth-order valence-corrected chi connectivity index (χ4v) is 3.08. The van der Waals surface area contributed by atoms with E-state index in [-0.39, 0.29) is 23.5 Å². The number of aliphatic hydroxyl groups excluding tert-OH is 1. The second-order valence-corrected chi connectivity index (χ2v) is 7.77. The number of carbonyl (C=O) groups is 1. The lowest BCUT2D eigenvalue weighted by molar-refractivity contribution is -0.121. The molecule has 0 aliphatic heterocycles. The van der Waals surface area contributed by atoms with Gasteiger partial charge in [0.2, 0.25) is 5.91 Å². The number of rotatable bonds is 3. The fourth-order valence-electron chi connectivity index (χ4n) is 3.08. The highest BCUT2D eigenvalue weighted by atomic mass is 16.3. The Bertz CT molecular complexity index is 740. The molecule has 25 heavy (non-hydrogen) atoms. The van der Waals surface area contributed by atoms with E-state index in [1.165, 1.54) is 0 Å². The van der Waals surface area contributed by atoms with Gasteiger partial charge in [0.15, 0.2) is 0 Å². The molecule has 0 radical (unpaired) electrons. The van der Waals surface area contributed by atoms with Gasteiger partial charge in [-0.3, -0.25) is 9.48 Å². The van der Waals surface area contributed by atoms with Crippen molar-refractivity contribution in [3.63, 3.8) is 0 Å². The maximum atomic E-state index is 12.4. The summed E-state index contributed by atoms with van der Waals surface area (Å²) in [5.41, 5.74) is 1.89. The minimum atomic E-state index is -0.259. The molecular formula is C19H26N4O2. The molecule has 1 amide bonds. The van der Waals surface area contributed by atoms with Crippen molar-refractivity contribution in [1.82, 2.24) is 14.8 Å². The van der Waals surface area contributed by atoms with Gasteiger partial charge in [-0.15, -0.1) is 0 Å². The van der Waals surface area contributed by atoms with Crippen molar-refractivity contribution in [2.75, 3.05) is 5.32 Å². The molecule has 2 aromatic heterocycles. The summed E-state index contributed by atoms with van der Waals surface area (Å²) in [7, 11) is 0. The molecule has 2 aromatic rings. The molecule has 0 atom stereocenters. The second kappa shape index (κ2) is 6.96. The molecule has 0 spiro atoms. The van der Waals surface area contributed by atoms with E-state index in [9.17, 15) is 9.90 Å². The van der Waals surface area contributed by atoms with Crippen LogP contribution in [0.3, 0.4) is 0 Å². The van der Waals surface area contributed by atoms with Gasteiger partial charge in [-0.25, -0.2) is 4.98 Å². The first kappa shape index (κ1) is 17.6. The van der Waals surface area contributed by atoms with Gasteiger partial charge in [0.05, 0.1) is 17.8 Å². The number of aliphatic hydroxyl groups is 1. The maximum Gasteiger partial charge on any atom is 0.228 e. The van der Waals surface area contributed by atoms with E-state index in [4.69, 9.17) is 0 Å². The number of hydrogen-bond acceptors (Lipinski definition) is 4. The van der Waals surface area contributed by atoms with Crippen LogP contribution in [0.2, 0.25) is 0 Å². The predicted molar refractivity (Wildman–Crippen MR) is 97.0 cm³/mol.